The predicted molar refractivity (Wildman–Crippen MR) is 76.7 cm³/mol. The van der Waals surface area contributed by atoms with Crippen LogP contribution in [0.3, 0.4) is 0 Å². The summed E-state index contributed by atoms with van der Waals surface area (Å²) >= 11 is 0. The molecule has 1 aliphatic rings. The molecule has 0 fully saturated rings. The smallest absolute Gasteiger partial charge is 0.162 e. The number of nitrogens with zero attached hydrogens (tertiary/aromatic N) is 6. The van der Waals surface area contributed by atoms with E-state index in [4.69, 9.17) is 5.26 Å². The first-order chi connectivity index (χ1) is 10.3. The summed E-state index contributed by atoms with van der Waals surface area (Å²) in [5, 5.41) is 14.2. The van der Waals surface area contributed by atoms with Crippen LogP contribution in [-0.2, 0) is 13.0 Å². The van der Waals surface area contributed by atoms with Gasteiger partial charge in [-0.05, 0) is 12.1 Å². The number of hydrogen-bond donors (Lipinski definition) is 1. The van der Waals surface area contributed by atoms with E-state index in [1.165, 1.54) is 0 Å². The third-order valence-electron chi connectivity index (χ3n) is 4.02. The van der Waals surface area contributed by atoms with Crippen molar-refractivity contribution in [2.45, 2.75) is 19.0 Å². The van der Waals surface area contributed by atoms with Crippen molar-refractivity contribution in [2.75, 3.05) is 11.9 Å². The molecule has 4 rings (SSSR count). The zero-order valence-corrected chi connectivity index (χ0v) is 11.5. The zero-order chi connectivity index (χ0) is 14.4. The molecule has 0 amide bonds. The first-order valence-electron chi connectivity index (χ1n) is 6.74. The van der Waals surface area contributed by atoms with Crippen LogP contribution in [0.15, 0.2) is 24.7 Å². The summed E-state index contributed by atoms with van der Waals surface area (Å²) in [6.45, 7) is 0.767. The molecule has 0 radical (unpaired) electrons. The maximum Gasteiger partial charge on any atom is 0.162 e. The van der Waals surface area contributed by atoms with E-state index in [1.807, 2.05) is 30.1 Å². The number of H-pyrrole nitrogens is 1. The average molecular weight is 279 g/mol. The zero-order valence-electron chi connectivity index (χ0n) is 11.5. The second-order valence-corrected chi connectivity index (χ2v) is 5.22. The first-order valence-corrected chi connectivity index (χ1v) is 6.74. The van der Waals surface area contributed by atoms with E-state index in [1.54, 1.807) is 6.33 Å². The van der Waals surface area contributed by atoms with Gasteiger partial charge >= 0.3 is 0 Å². The summed E-state index contributed by atoms with van der Waals surface area (Å²) < 4.78 is 1.91. The van der Waals surface area contributed by atoms with E-state index >= 15 is 0 Å². The van der Waals surface area contributed by atoms with Crippen molar-refractivity contribution < 1.29 is 0 Å². The molecule has 1 N–H and O–H groups in total. The minimum Gasteiger partial charge on any atom is -0.354 e. The van der Waals surface area contributed by atoms with Crippen molar-refractivity contribution in [2.24, 2.45) is 0 Å². The summed E-state index contributed by atoms with van der Waals surface area (Å²) in [6, 6.07) is 6.22. The molecule has 0 unspecified atom stereocenters. The third kappa shape index (κ3) is 1.76. The molecule has 7 nitrogen and oxygen atoms in total. The van der Waals surface area contributed by atoms with Crippen molar-refractivity contribution in [3.05, 3.63) is 36.0 Å². The lowest BCUT2D eigenvalue weighted by Crippen LogP contribution is -2.33. The van der Waals surface area contributed by atoms with Crippen LogP contribution in [0.25, 0.3) is 11.0 Å². The number of likely N-dealkylation sites (N-methyl/N-ethyl adjacent to an activating group) is 1. The average Bonchev–Trinajstić information content (AvgIpc) is 3.18. The summed E-state index contributed by atoms with van der Waals surface area (Å²) in [6.07, 6.45) is 4.31. The van der Waals surface area contributed by atoms with Crippen molar-refractivity contribution in [1.29, 1.82) is 5.26 Å². The molecule has 0 spiro atoms. The molecule has 0 saturated heterocycles. The lowest BCUT2D eigenvalue weighted by atomic mass is 10.1. The van der Waals surface area contributed by atoms with Gasteiger partial charge in [0.05, 0.1) is 18.0 Å². The maximum absolute atomic E-state index is 8.89. The Kier molecular flexibility index (Phi) is 2.44. The van der Waals surface area contributed by atoms with Gasteiger partial charge in [-0.1, -0.05) is 0 Å². The SMILES string of the molecule is CN(c1ncnc2[nH]ccc12)[C@@H]1Cc2cc(C#N)nn2C1. The molecular weight excluding hydrogens is 266 g/mol. The van der Waals surface area contributed by atoms with Gasteiger partial charge in [-0.15, -0.1) is 0 Å². The van der Waals surface area contributed by atoms with Gasteiger partial charge in [-0.3, -0.25) is 4.68 Å². The molecule has 4 heterocycles. The van der Waals surface area contributed by atoms with E-state index in [9.17, 15) is 0 Å². The number of nitrogens with one attached hydrogen (secondary N) is 1. The third-order valence-corrected chi connectivity index (χ3v) is 4.02. The van der Waals surface area contributed by atoms with Crippen molar-refractivity contribution in [3.63, 3.8) is 0 Å². The van der Waals surface area contributed by atoms with E-state index in [2.05, 4.69) is 31.0 Å². The largest absolute Gasteiger partial charge is 0.354 e. The van der Waals surface area contributed by atoms with Crippen LogP contribution in [-0.4, -0.2) is 37.8 Å². The van der Waals surface area contributed by atoms with Crippen LogP contribution < -0.4 is 4.90 Å². The molecule has 0 aliphatic carbocycles. The van der Waals surface area contributed by atoms with E-state index in [0.29, 0.717) is 5.69 Å². The molecular formula is C14H13N7. The van der Waals surface area contributed by atoms with E-state index in [0.717, 1.165) is 35.5 Å². The summed E-state index contributed by atoms with van der Waals surface area (Å²) in [5.41, 5.74) is 2.43. The molecule has 104 valence electrons. The summed E-state index contributed by atoms with van der Waals surface area (Å²) in [4.78, 5) is 13.9. The predicted octanol–water partition coefficient (Wildman–Crippen LogP) is 1.09. The van der Waals surface area contributed by atoms with Gasteiger partial charge in [0.25, 0.3) is 0 Å². The van der Waals surface area contributed by atoms with Gasteiger partial charge < -0.3 is 9.88 Å². The van der Waals surface area contributed by atoms with Crippen LogP contribution >= 0.6 is 0 Å². The van der Waals surface area contributed by atoms with E-state index in [-0.39, 0.29) is 6.04 Å². The van der Waals surface area contributed by atoms with E-state index < -0.39 is 0 Å². The summed E-state index contributed by atoms with van der Waals surface area (Å²) in [7, 11) is 2.04. The van der Waals surface area contributed by atoms with Crippen molar-refractivity contribution in [3.8, 4) is 6.07 Å². The Labute approximate surface area is 120 Å². The van der Waals surface area contributed by atoms with Gasteiger partial charge in [0, 0.05) is 25.4 Å². The quantitative estimate of drug-likeness (QED) is 0.758. The second-order valence-electron chi connectivity index (χ2n) is 5.22. The highest BCUT2D eigenvalue weighted by molar-refractivity contribution is 5.87. The first kappa shape index (κ1) is 11.9. The fourth-order valence-electron chi connectivity index (χ4n) is 2.91. The number of fused-ring (bicyclic) bond motifs is 2. The Bertz CT molecular complexity index is 830. The highest BCUT2D eigenvalue weighted by Crippen LogP contribution is 2.27. The van der Waals surface area contributed by atoms with Crippen molar-refractivity contribution >= 4 is 16.9 Å². The normalized spacial score (nSPS) is 16.9. The molecule has 7 heteroatoms. The van der Waals surface area contributed by atoms with Gasteiger partial charge in [0.1, 0.15) is 23.9 Å². The Morgan fingerprint density at radius 3 is 3.19 bits per heavy atom. The molecule has 0 bridgehead atoms. The van der Waals surface area contributed by atoms with Crippen molar-refractivity contribution in [1.82, 2.24) is 24.7 Å². The fraction of sp³-hybridized carbons (Fsp3) is 0.286. The Balaban J connectivity index is 1.65. The molecule has 1 aliphatic heterocycles. The second kappa shape index (κ2) is 4.31. The standard InChI is InChI=1S/C14H13N7/c1-20(14-12-2-3-16-13(12)17-8-18-14)11-5-10-4-9(6-15)19-21(10)7-11/h2-4,8,11H,5,7H2,1H3,(H,16,17,18)/t11-/m1/s1. The Morgan fingerprint density at radius 2 is 2.38 bits per heavy atom. The fourth-order valence-corrected chi connectivity index (χ4v) is 2.91. The van der Waals surface area contributed by atoms with Crippen LogP contribution in [0, 0.1) is 11.3 Å². The number of aromatic nitrogens is 5. The number of rotatable bonds is 2. The maximum atomic E-state index is 8.89. The highest BCUT2D eigenvalue weighted by Gasteiger charge is 2.28. The Hall–Kier alpha value is -2.88. The molecule has 0 aromatic carbocycles. The molecule has 21 heavy (non-hydrogen) atoms. The molecule has 3 aromatic heterocycles. The van der Waals surface area contributed by atoms with Gasteiger partial charge in [-0.2, -0.15) is 10.4 Å². The van der Waals surface area contributed by atoms with Crippen LogP contribution in [0.5, 0.6) is 0 Å². The van der Waals surface area contributed by atoms with Gasteiger partial charge in [0.2, 0.25) is 0 Å². The number of aromatic amines is 1. The van der Waals surface area contributed by atoms with Crippen LogP contribution in [0.2, 0.25) is 0 Å². The van der Waals surface area contributed by atoms with Gasteiger partial charge in [0.15, 0.2) is 5.69 Å². The van der Waals surface area contributed by atoms with Crippen LogP contribution in [0.4, 0.5) is 5.82 Å². The molecule has 1 atom stereocenters. The summed E-state index contributed by atoms with van der Waals surface area (Å²) in [5.74, 6) is 0.914. The lowest BCUT2D eigenvalue weighted by molar-refractivity contribution is 0.563. The van der Waals surface area contributed by atoms with Gasteiger partial charge in [-0.25, -0.2) is 9.97 Å². The molecule has 0 saturated carbocycles. The monoisotopic (exact) mass is 279 g/mol. The van der Waals surface area contributed by atoms with Crippen LogP contribution in [0.1, 0.15) is 11.4 Å². The number of nitriles is 1. The topological polar surface area (TPSA) is 86.4 Å². The Morgan fingerprint density at radius 1 is 1.48 bits per heavy atom. The number of anilines is 1. The number of hydrogen-bond acceptors (Lipinski definition) is 5. The lowest BCUT2D eigenvalue weighted by Gasteiger charge is -2.25. The highest BCUT2D eigenvalue weighted by atomic mass is 15.3. The minimum absolute atomic E-state index is 0.285. The minimum atomic E-state index is 0.285. The molecule has 3 aromatic rings.